The van der Waals surface area contributed by atoms with Crippen molar-refractivity contribution in [1.29, 1.82) is 0 Å². The molecule has 1 aromatic carbocycles. The molecule has 1 amide bonds. The molecular weight excluding hydrogens is 322 g/mol. The highest BCUT2D eigenvalue weighted by Gasteiger charge is 2.40. The maximum absolute atomic E-state index is 11.7. The van der Waals surface area contributed by atoms with Gasteiger partial charge in [-0.05, 0) is 44.1 Å². The smallest absolute Gasteiger partial charge is 0.234 e. The summed E-state index contributed by atoms with van der Waals surface area (Å²) in [5, 5.41) is 6.76. The van der Waals surface area contributed by atoms with E-state index in [1.165, 1.54) is 12.0 Å². The van der Waals surface area contributed by atoms with Crippen LogP contribution in [0.5, 0.6) is 0 Å². The topological polar surface area (TPSA) is 44.4 Å². The fourth-order valence-electron chi connectivity index (χ4n) is 4.04. The highest BCUT2D eigenvalue weighted by molar-refractivity contribution is 5.77. The Bertz CT molecular complexity index is 605. The van der Waals surface area contributed by atoms with Crippen molar-refractivity contribution < 1.29 is 4.79 Å². The summed E-state index contributed by atoms with van der Waals surface area (Å²) in [4.78, 5) is 14.0. The minimum Gasteiger partial charge on any atom is -0.355 e. The second-order valence-electron chi connectivity index (χ2n) is 7.60. The number of nitrogens with zero attached hydrogens (tertiary/aromatic N) is 1. The second kappa shape index (κ2) is 9.33. The van der Waals surface area contributed by atoms with Crippen LogP contribution < -0.4 is 10.6 Å². The Morgan fingerprint density at radius 3 is 2.58 bits per heavy atom. The predicted octanol–water partition coefficient (Wildman–Crippen LogP) is 3.06. The molecule has 1 aliphatic carbocycles. The molecule has 26 heavy (non-hydrogen) atoms. The van der Waals surface area contributed by atoms with Crippen molar-refractivity contribution in [3.63, 3.8) is 0 Å². The lowest BCUT2D eigenvalue weighted by molar-refractivity contribution is -0.122. The maximum atomic E-state index is 11.7. The van der Waals surface area contributed by atoms with E-state index in [0.717, 1.165) is 38.9 Å². The van der Waals surface area contributed by atoms with Gasteiger partial charge in [0.1, 0.15) is 0 Å². The third-order valence-electron chi connectivity index (χ3n) is 5.61. The molecule has 0 bridgehead atoms. The first-order valence-electron chi connectivity index (χ1n) is 10.2. The first-order chi connectivity index (χ1) is 12.7. The monoisotopic (exact) mass is 355 g/mol. The van der Waals surface area contributed by atoms with Gasteiger partial charge in [0.25, 0.3) is 0 Å². The van der Waals surface area contributed by atoms with E-state index in [0.29, 0.717) is 24.5 Å². The first-order valence-corrected chi connectivity index (χ1v) is 10.2. The zero-order valence-corrected chi connectivity index (χ0v) is 16.2. The summed E-state index contributed by atoms with van der Waals surface area (Å²) in [6, 6.07) is 11.9. The highest BCUT2D eigenvalue weighted by atomic mass is 16.2. The Morgan fingerprint density at radius 1 is 1.19 bits per heavy atom. The van der Waals surface area contributed by atoms with E-state index in [9.17, 15) is 4.79 Å². The lowest BCUT2D eigenvalue weighted by atomic mass is 10.0. The molecule has 2 N–H and O–H groups in total. The molecule has 2 atom stereocenters. The summed E-state index contributed by atoms with van der Waals surface area (Å²) < 4.78 is 0. The summed E-state index contributed by atoms with van der Waals surface area (Å²) >= 11 is 0. The number of nitrogens with one attached hydrogen (secondary N) is 2. The summed E-state index contributed by atoms with van der Waals surface area (Å²) in [7, 11) is 0. The van der Waals surface area contributed by atoms with Crippen molar-refractivity contribution in [3.05, 3.63) is 41.5 Å². The predicted molar refractivity (Wildman–Crippen MR) is 108 cm³/mol. The SMILES string of the molecule is CCNC(=O)CN1CCC(N[C@H]2C[C@@H]2/C(=C/c2ccccc2)CC)CC1. The van der Waals surface area contributed by atoms with Crippen molar-refractivity contribution in [2.45, 2.75) is 51.6 Å². The van der Waals surface area contributed by atoms with Crippen LogP contribution in [0, 0.1) is 5.92 Å². The molecule has 4 nitrogen and oxygen atoms in total. The van der Waals surface area contributed by atoms with Crippen LogP contribution in [-0.4, -0.2) is 49.1 Å². The molecule has 1 heterocycles. The zero-order chi connectivity index (χ0) is 18.4. The van der Waals surface area contributed by atoms with Crippen LogP contribution in [0.4, 0.5) is 0 Å². The van der Waals surface area contributed by atoms with Crippen molar-refractivity contribution >= 4 is 12.0 Å². The van der Waals surface area contributed by atoms with Crippen LogP contribution in [0.1, 0.15) is 45.1 Å². The molecule has 142 valence electrons. The molecule has 0 aromatic heterocycles. The van der Waals surface area contributed by atoms with Gasteiger partial charge in [0.15, 0.2) is 0 Å². The molecule has 1 saturated carbocycles. The quantitative estimate of drug-likeness (QED) is 0.753. The van der Waals surface area contributed by atoms with Gasteiger partial charge in [-0.1, -0.05) is 48.9 Å². The average Bonchev–Trinajstić information content (AvgIpc) is 3.41. The fourth-order valence-corrected chi connectivity index (χ4v) is 4.04. The lowest BCUT2D eigenvalue weighted by Crippen LogP contribution is -2.46. The van der Waals surface area contributed by atoms with E-state index in [2.05, 4.69) is 58.9 Å². The number of carbonyl (C=O) groups excluding carboxylic acids is 1. The molecule has 2 fully saturated rings. The Kier molecular flexibility index (Phi) is 6.86. The standard InChI is InChI=1S/C22H33N3O/c1-3-18(14-17-8-6-5-7-9-17)20-15-21(20)24-19-10-12-25(13-11-19)16-22(26)23-4-2/h5-9,14,19-21,24H,3-4,10-13,15-16H2,1-2H3,(H,23,26)/b18-14+/t20-,21+/m1/s1. The minimum absolute atomic E-state index is 0.153. The first kappa shape index (κ1) is 19.1. The minimum atomic E-state index is 0.153. The molecule has 4 heteroatoms. The normalized spacial score (nSPS) is 24.5. The number of likely N-dealkylation sites (N-methyl/N-ethyl adjacent to an activating group) is 1. The van der Waals surface area contributed by atoms with Crippen molar-refractivity contribution in [1.82, 2.24) is 15.5 Å². The van der Waals surface area contributed by atoms with E-state index in [-0.39, 0.29) is 5.91 Å². The van der Waals surface area contributed by atoms with Crippen molar-refractivity contribution in [2.24, 2.45) is 5.92 Å². The van der Waals surface area contributed by atoms with E-state index in [1.807, 2.05) is 6.92 Å². The van der Waals surface area contributed by atoms with Gasteiger partial charge in [-0.15, -0.1) is 0 Å². The Labute approximate surface area is 158 Å². The number of benzene rings is 1. The zero-order valence-electron chi connectivity index (χ0n) is 16.2. The highest BCUT2D eigenvalue weighted by Crippen LogP contribution is 2.40. The molecule has 1 aliphatic heterocycles. The lowest BCUT2D eigenvalue weighted by Gasteiger charge is -2.32. The molecule has 2 aliphatic rings. The number of piperidine rings is 1. The van der Waals surface area contributed by atoms with Gasteiger partial charge in [-0.25, -0.2) is 0 Å². The number of likely N-dealkylation sites (tertiary alicyclic amines) is 1. The number of hydrogen-bond acceptors (Lipinski definition) is 3. The second-order valence-corrected chi connectivity index (χ2v) is 7.60. The van der Waals surface area contributed by atoms with Gasteiger partial charge in [-0.3, -0.25) is 9.69 Å². The molecule has 1 saturated heterocycles. The third-order valence-corrected chi connectivity index (χ3v) is 5.61. The van der Waals surface area contributed by atoms with Crippen LogP contribution in [0.3, 0.4) is 0 Å². The average molecular weight is 356 g/mol. The van der Waals surface area contributed by atoms with Crippen LogP contribution in [0.2, 0.25) is 0 Å². The molecule has 1 aromatic rings. The Hall–Kier alpha value is -1.65. The van der Waals surface area contributed by atoms with E-state index < -0.39 is 0 Å². The maximum Gasteiger partial charge on any atom is 0.234 e. The molecular formula is C22H33N3O. The van der Waals surface area contributed by atoms with Gasteiger partial charge < -0.3 is 10.6 Å². The molecule has 3 rings (SSSR count). The van der Waals surface area contributed by atoms with Crippen molar-refractivity contribution in [3.8, 4) is 0 Å². The number of rotatable bonds is 8. The van der Waals surface area contributed by atoms with Gasteiger partial charge in [0, 0.05) is 31.7 Å². The number of amides is 1. The van der Waals surface area contributed by atoms with Gasteiger partial charge in [0.05, 0.1) is 6.54 Å². The number of hydrogen-bond donors (Lipinski definition) is 2. The number of carbonyl (C=O) groups is 1. The van der Waals surface area contributed by atoms with Crippen LogP contribution in [0.15, 0.2) is 35.9 Å². The summed E-state index contributed by atoms with van der Waals surface area (Å²) in [6.07, 6.45) is 7.06. The van der Waals surface area contributed by atoms with Crippen molar-refractivity contribution in [2.75, 3.05) is 26.2 Å². The van der Waals surface area contributed by atoms with Gasteiger partial charge >= 0.3 is 0 Å². The van der Waals surface area contributed by atoms with E-state index >= 15 is 0 Å². The van der Waals surface area contributed by atoms with E-state index in [4.69, 9.17) is 0 Å². The van der Waals surface area contributed by atoms with E-state index in [1.54, 1.807) is 5.57 Å². The molecule has 0 spiro atoms. The fraction of sp³-hybridized carbons (Fsp3) is 0.591. The summed E-state index contributed by atoms with van der Waals surface area (Å²) in [6.45, 7) is 7.54. The van der Waals surface area contributed by atoms with Gasteiger partial charge in [0.2, 0.25) is 5.91 Å². The Balaban J connectivity index is 1.43. The molecule has 0 unspecified atom stereocenters. The largest absolute Gasteiger partial charge is 0.355 e. The van der Waals surface area contributed by atoms with Crippen LogP contribution in [0.25, 0.3) is 6.08 Å². The van der Waals surface area contributed by atoms with Crippen LogP contribution >= 0.6 is 0 Å². The summed E-state index contributed by atoms with van der Waals surface area (Å²) in [5.41, 5.74) is 2.89. The summed E-state index contributed by atoms with van der Waals surface area (Å²) in [5.74, 6) is 0.855. The van der Waals surface area contributed by atoms with Crippen LogP contribution in [-0.2, 0) is 4.79 Å². The third kappa shape index (κ3) is 5.42. The Morgan fingerprint density at radius 2 is 1.92 bits per heavy atom. The van der Waals surface area contributed by atoms with Gasteiger partial charge in [-0.2, -0.15) is 0 Å². The molecule has 0 radical (unpaired) electrons.